The molecule has 1 aliphatic rings. The number of aromatic hydroxyl groups is 1. The number of thiophene rings is 2. The standard InChI is InChI=1S/C44H56N6O6S2Si/c1-43(2,3)59(5,6)56-37(32-17-20-36(51)41-33(32)18-21-40(52)46-41)28-45-27-29-12-19-35-34(26-29)47-48-50(35)23-9-22-49(4)30-13-15-31(16-14-30)55-44(42(53)54,38-10-7-24-57-38)39-11-8-25-58-39/h7-8,10-12,17-21,24-26,30-31,37,45,51H,9,13-16,22-23,27-28H2,1-6H3,(H,46,52)(H,53,54)/t30?,31?,37-/m0/s1. The Morgan fingerprint density at radius 1 is 1.03 bits per heavy atom. The van der Waals surface area contributed by atoms with Gasteiger partial charge in [0.05, 0.1) is 33.0 Å². The summed E-state index contributed by atoms with van der Waals surface area (Å²) in [5, 5.41) is 38.3. The van der Waals surface area contributed by atoms with Crippen molar-refractivity contribution >= 4 is 58.9 Å². The lowest BCUT2D eigenvalue weighted by Gasteiger charge is -2.39. The molecule has 1 fully saturated rings. The maximum absolute atomic E-state index is 12.8. The van der Waals surface area contributed by atoms with E-state index in [1.165, 1.54) is 28.7 Å². The molecule has 4 heterocycles. The van der Waals surface area contributed by atoms with Crippen LogP contribution in [0.25, 0.3) is 21.9 Å². The van der Waals surface area contributed by atoms with E-state index in [2.05, 4.69) is 84.6 Å². The van der Waals surface area contributed by atoms with Crippen molar-refractivity contribution in [2.75, 3.05) is 20.1 Å². The fraction of sp³-hybridized carbons (Fsp3) is 0.455. The second-order valence-corrected chi connectivity index (χ2v) is 23.9. The average Bonchev–Trinajstić information content (AvgIpc) is 4.01. The summed E-state index contributed by atoms with van der Waals surface area (Å²) in [5.41, 5.74) is 2.52. The molecule has 0 amide bonds. The zero-order chi connectivity index (χ0) is 42.0. The van der Waals surface area contributed by atoms with Crippen LogP contribution in [-0.2, 0) is 32.6 Å². The number of fused-ring (bicyclic) bond motifs is 2. The van der Waals surface area contributed by atoms with E-state index in [1.807, 2.05) is 45.8 Å². The quantitative estimate of drug-likeness (QED) is 0.0656. The number of aromatic amines is 1. The molecule has 7 rings (SSSR count). The van der Waals surface area contributed by atoms with Gasteiger partial charge in [0.2, 0.25) is 11.2 Å². The van der Waals surface area contributed by atoms with Crippen molar-refractivity contribution in [2.24, 2.45) is 0 Å². The highest BCUT2D eigenvalue weighted by atomic mass is 32.1. The molecule has 0 aliphatic heterocycles. The molecule has 0 bridgehead atoms. The lowest BCUT2D eigenvalue weighted by molar-refractivity contribution is -0.170. The molecule has 15 heteroatoms. The van der Waals surface area contributed by atoms with Gasteiger partial charge in [0.15, 0.2) is 8.32 Å². The van der Waals surface area contributed by atoms with E-state index in [1.54, 1.807) is 12.1 Å². The average molecular weight is 857 g/mol. The van der Waals surface area contributed by atoms with Gasteiger partial charge in [0, 0.05) is 37.1 Å². The van der Waals surface area contributed by atoms with Gasteiger partial charge in [0.1, 0.15) is 11.3 Å². The number of benzene rings is 2. The number of nitrogens with zero attached hydrogens (tertiary/aromatic N) is 4. The Morgan fingerprint density at radius 2 is 1.75 bits per heavy atom. The first-order valence-electron chi connectivity index (χ1n) is 20.4. The Hall–Kier alpha value is -4.22. The Morgan fingerprint density at radius 3 is 2.39 bits per heavy atom. The molecule has 0 saturated heterocycles. The molecular weight excluding hydrogens is 801 g/mol. The van der Waals surface area contributed by atoms with Crippen LogP contribution < -0.4 is 10.9 Å². The molecule has 6 aromatic rings. The zero-order valence-electron chi connectivity index (χ0n) is 34.7. The van der Waals surface area contributed by atoms with Crippen LogP contribution in [0.1, 0.15) is 79.9 Å². The van der Waals surface area contributed by atoms with Gasteiger partial charge >= 0.3 is 5.97 Å². The normalized spacial score (nSPS) is 17.3. The molecule has 4 N–H and O–H groups in total. The van der Waals surface area contributed by atoms with E-state index < -0.39 is 19.9 Å². The van der Waals surface area contributed by atoms with E-state index in [0.29, 0.717) is 34.4 Å². The highest BCUT2D eigenvalue weighted by Crippen LogP contribution is 2.43. The van der Waals surface area contributed by atoms with E-state index in [-0.39, 0.29) is 28.6 Å². The Balaban J connectivity index is 0.930. The molecule has 1 atom stereocenters. The van der Waals surface area contributed by atoms with Crippen molar-refractivity contribution in [3.8, 4) is 5.75 Å². The van der Waals surface area contributed by atoms with Gasteiger partial charge < -0.3 is 34.6 Å². The summed E-state index contributed by atoms with van der Waals surface area (Å²) in [7, 11) is -0.0297. The molecule has 314 valence electrons. The zero-order valence-corrected chi connectivity index (χ0v) is 37.4. The number of ether oxygens (including phenoxy) is 1. The Labute approximate surface area is 354 Å². The Kier molecular flexibility index (Phi) is 12.9. The van der Waals surface area contributed by atoms with Crippen LogP contribution in [0.5, 0.6) is 5.75 Å². The Bertz CT molecular complexity index is 2370. The van der Waals surface area contributed by atoms with Crippen molar-refractivity contribution in [1.29, 1.82) is 0 Å². The second-order valence-electron chi connectivity index (χ2n) is 17.2. The lowest BCUT2D eigenvalue weighted by atomic mass is 9.90. The molecule has 0 spiro atoms. The number of pyridine rings is 1. The number of nitrogens with one attached hydrogen (secondary N) is 2. The lowest BCUT2D eigenvalue weighted by Crippen LogP contribution is -2.44. The number of H-pyrrole nitrogens is 1. The van der Waals surface area contributed by atoms with Gasteiger partial charge in [-0.2, -0.15) is 0 Å². The predicted octanol–water partition coefficient (Wildman–Crippen LogP) is 8.63. The first kappa shape index (κ1) is 42.9. The first-order chi connectivity index (χ1) is 28.2. The fourth-order valence-corrected chi connectivity index (χ4v) is 11.0. The summed E-state index contributed by atoms with van der Waals surface area (Å²) in [6.45, 7) is 13.9. The number of carboxylic acids is 1. The number of phenolic OH excluding ortho intramolecular Hbond substituents is 1. The molecular formula is C44H56N6O6S2Si. The number of aliphatic carboxylic acids is 1. The highest BCUT2D eigenvalue weighted by molar-refractivity contribution is 7.12. The second kappa shape index (κ2) is 17.8. The van der Waals surface area contributed by atoms with Crippen molar-refractivity contribution in [3.63, 3.8) is 0 Å². The highest BCUT2D eigenvalue weighted by Gasteiger charge is 2.48. The minimum Gasteiger partial charge on any atom is -0.506 e. The van der Waals surface area contributed by atoms with Gasteiger partial charge in [-0.15, -0.1) is 27.8 Å². The number of phenols is 1. The summed E-state index contributed by atoms with van der Waals surface area (Å²) in [6.07, 6.45) is 4.00. The number of carbonyl (C=O) groups is 1. The smallest absolute Gasteiger partial charge is 0.347 e. The number of carboxylic acid groups (broad SMARTS) is 1. The summed E-state index contributed by atoms with van der Waals surface area (Å²) < 4.78 is 15.6. The fourth-order valence-electron chi connectivity index (χ4n) is 7.89. The number of aromatic nitrogens is 4. The maximum Gasteiger partial charge on any atom is 0.347 e. The van der Waals surface area contributed by atoms with Crippen LogP contribution in [0.3, 0.4) is 0 Å². The monoisotopic (exact) mass is 856 g/mol. The maximum atomic E-state index is 12.8. The molecule has 0 radical (unpaired) electrons. The largest absolute Gasteiger partial charge is 0.506 e. The minimum atomic E-state index is -2.21. The van der Waals surface area contributed by atoms with E-state index in [0.717, 1.165) is 72.7 Å². The van der Waals surface area contributed by atoms with Crippen LogP contribution in [0.2, 0.25) is 18.1 Å². The molecule has 2 aromatic carbocycles. The molecule has 1 saturated carbocycles. The van der Waals surface area contributed by atoms with Gasteiger partial charge in [-0.1, -0.05) is 50.3 Å². The van der Waals surface area contributed by atoms with Gasteiger partial charge in [0.25, 0.3) is 0 Å². The summed E-state index contributed by atoms with van der Waals surface area (Å²) in [4.78, 5) is 31.6. The third-order valence-electron chi connectivity index (χ3n) is 12.3. The number of aryl methyl sites for hydroxylation is 1. The molecule has 12 nitrogen and oxygen atoms in total. The molecule has 1 aliphatic carbocycles. The summed E-state index contributed by atoms with van der Waals surface area (Å²) in [5.74, 6) is -0.933. The van der Waals surface area contributed by atoms with Crippen molar-refractivity contribution in [3.05, 3.63) is 109 Å². The van der Waals surface area contributed by atoms with E-state index in [4.69, 9.17) is 9.16 Å². The number of rotatable bonds is 17. The number of hydrogen-bond donors (Lipinski definition) is 4. The van der Waals surface area contributed by atoms with Crippen molar-refractivity contribution in [2.45, 2.75) is 108 Å². The molecule has 59 heavy (non-hydrogen) atoms. The SMILES string of the molecule is CN(CCCn1nnc2cc(CNC[C@H](O[Si](C)(C)C(C)(C)C)c3ccc(O)c4[nH]c(=O)ccc34)ccc21)C1CCC(OC(C(=O)O)(c2cccs2)c2cccs2)CC1. The van der Waals surface area contributed by atoms with Crippen LogP contribution >= 0.6 is 22.7 Å². The van der Waals surface area contributed by atoms with Crippen molar-refractivity contribution < 1.29 is 24.2 Å². The van der Waals surface area contributed by atoms with Gasteiger partial charge in [-0.3, -0.25) is 4.79 Å². The topological polar surface area (TPSA) is 155 Å². The number of hydrogen-bond acceptors (Lipinski definition) is 11. The minimum absolute atomic E-state index is 0.0124. The van der Waals surface area contributed by atoms with Crippen LogP contribution in [0, 0.1) is 0 Å². The summed E-state index contributed by atoms with van der Waals surface area (Å²) >= 11 is 2.85. The molecule has 0 unspecified atom stereocenters. The van der Waals surface area contributed by atoms with E-state index in [9.17, 15) is 19.8 Å². The first-order valence-corrected chi connectivity index (χ1v) is 25.1. The van der Waals surface area contributed by atoms with Gasteiger partial charge in [-0.25, -0.2) is 9.48 Å². The van der Waals surface area contributed by atoms with E-state index >= 15 is 0 Å². The van der Waals surface area contributed by atoms with Crippen LogP contribution in [0.15, 0.2) is 82.3 Å². The van der Waals surface area contributed by atoms with Gasteiger partial charge in [-0.05, 0) is 122 Å². The summed E-state index contributed by atoms with van der Waals surface area (Å²) in [6, 6.07) is 21.0. The third-order valence-corrected chi connectivity index (χ3v) is 18.7. The van der Waals surface area contributed by atoms with Crippen LogP contribution in [0.4, 0.5) is 0 Å². The van der Waals surface area contributed by atoms with Crippen molar-refractivity contribution in [1.82, 2.24) is 30.2 Å². The van der Waals surface area contributed by atoms with Crippen LogP contribution in [-0.4, -0.2) is 81.7 Å². The predicted molar refractivity (Wildman–Crippen MR) is 238 cm³/mol. The molecule has 4 aromatic heterocycles. The third kappa shape index (κ3) is 9.26.